The number of pyridine rings is 1. The third kappa shape index (κ3) is 2.62. The first-order valence-corrected chi connectivity index (χ1v) is 7.77. The molecule has 0 bridgehead atoms. The Labute approximate surface area is 125 Å². The Hall–Kier alpha value is -1.97. The lowest BCUT2D eigenvalue weighted by molar-refractivity contribution is 0.580. The van der Waals surface area contributed by atoms with Gasteiger partial charge in [0.15, 0.2) is 0 Å². The first-order chi connectivity index (χ1) is 10.2. The Morgan fingerprint density at radius 2 is 2.14 bits per heavy atom. The van der Waals surface area contributed by atoms with Gasteiger partial charge >= 0.3 is 0 Å². The SMILES string of the molecule is CCCc1nc(N)c(C)c(C2CCCc3cccnc32)n1. The molecule has 4 heteroatoms. The van der Waals surface area contributed by atoms with E-state index in [0.29, 0.717) is 5.82 Å². The van der Waals surface area contributed by atoms with Crippen molar-refractivity contribution < 1.29 is 0 Å². The van der Waals surface area contributed by atoms with E-state index in [1.807, 2.05) is 19.2 Å². The van der Waals surface area contributed by atoms with Crippen LogP contribution in [0, 0.1) is 6.92 Å². The molecule has 0 saturated heterocycles. The van der Waals surface area contributed by atoms with Gasteiger partial charge in [-0.15, -0.1) is 0 Å². The van der Waals surface area contributed by atoms with E-state index in [9.17, 15) is 0 Å². The van der Waals surface area contributed by atoms with Crippen LogP contribution in [0.3, 0.4) is 0 Å². The van der Waals surface area contributed by atoms with Crippen LogP contribution in [0.2, 0.25) is 0 Å². The second-order valence-electron chi connectivity index (χ2n) is 5.78. The van der Waals surface area contributed by atoms with Crippen LogP contribution >= 0.6 is 0 Å². The quantitative estimate of drug-likeness (QED) is 0.939. The van der Waals surface area contributed by atoms with Crippen molar-refractivity contribution in [3.63, 3.8) is 0 Å². The number of aryl methyl sites for hydroxylation is 2. The Bertz CT molecular complexity index is 651. The fraction of sp³-hybridized carbons (Fsp3) is 0.471. The Morgan fingerprint density at radius 3 is 2.95 bits per heavy atom. The molecule has 1 atom stereocenters. The van der Waals surface area contributed by atoms with Crippen molar-refractivity contribution in [3.8, 4) is 0 Å². The largest absolute Gasteiger partial charge is 0.383 e. The van der Waals surface area contributed by atoms with Gasteiger partial charge in [-0.3, -0.25) is 4.98 Å². The number of anilines is 1. The third-order valence-electron chi connectivity index (χ3n) is 4.27. The predicted octanol–water partition coefficient (Wildman–Crippen LogP) is 3.18. The minimum absolute atomic E-state index is 0.260. The molecule has 4 nitrogen and oxygen atoms in total. The summed E-state index contributed by atoms with van der Waals surface area (Å²) in [4.78, 5) is 13.9. The van der Waals surface area contributed by atoms with Gasteiger partial charge in [0, 0.05) is 24.1 Å². The van der Waals surface area contributed by atoms with Gasteiger partial charge in [-0.1, -0.05) is 13.0 Å². The molecule has 110 valence electrons. The van der Waals surface area contributed by atoms with Gasteiger partial charge in [0.05, 0.1) is 11.4 Å². The zero-order chi connectivity index (χ0) is 14.8. The average Bonchev–Trinajstić information content (AvgIpc) is 2.50. The summed E-state index contributed by atoms with van der Waals surface area (Å²) in [6.45, 7) is 4.16. The molecule has 2 N–H and O–H groups in total. The molecule has 1 aliphatic carbocycles. The Balaban J connectivity index is 2.09. The molecule has 2 aromatic heterocycles. The molecule has 1 aliphatic rings. The molecule has 0 saturated carbocycles. The van der Waals surface area contributed by atoms with Gasteiger partial charge in [-0.2, -0.15) is 0 Å². The lowest BCUT2D eigenvalue weighted by Crippen LogP contribution is -2.17. The van der Waals surface area contributed by atoms with Crippen LogP contribution < -0.4 is 5.73 Å². The molecule has 2 heterocycles. The number of hydrogen-bond acceptors (Lipinski definition) is 4. The van der Waals surface area contributed by atoms with E-state index >= 15 is 0 Å². The fourth-order valence-corrected chi connectivity index (χ4v) is 3.15. The summed E-state index contributed by atoms with van der Waals surface area (Å²) in [7, 11) is 0. The monoisotopic (exact) mass is 282 g/mol. The second-order valence-corrected chi connectivity index (χ2v) is 5.78. The topological polar surface area (TPSA) is 64.7 Å². The molecular weight excluding hydrogens is 260 g/mol. The maximum Gasteiger partial charge on any atom is 0.131 e. The zero-order valence-electron chi connectivity index (χ0n) is 12.8. The van der Waals surface area contributed by atoms with Crippen molar-refractivity contribution in [2.75, 3.05) is 5.73 Å². The minimum atomic E-state index is 0.260. The molecule has 0 amide bonds. The summed E-state index contributed by atoms with van der Waals surface area (Å²) < 4.78 is 0. The first kappa shape index (κ1) is 14.0. The highest BCUT2D eigenvalue weighted by Crippen LogP contribution is 2.36. The zero-order valence-corrected chi connectivity index (χ0v) is 12.8. The maximum atomic E-state index is 6.11. The van der Waals surface area contributed by atoms with E-state index < -0.39 is 0 Å². The van der Waals surface area contributed by atoms with Crippen molar-refractivity contribution >= 4 is 5.82 Å². The average molecular weight is 282 g/mol. The van der Waals surface area contributed by atoms with E-state index in [2.05, 4.69) is 23.0 Å². The number of nitrogen functional groups attached to an aromatic ring is 1. The Morgan fingerprint density at radius 1 is 1.29 bits per heavy atom. The number of hydrogen-bond donors (Lipinski definition) is 1. The molecule has 0 aromatic carbocycles. The van der Waals surface area contributed by atoms with Crippen LogP contribution in [0.1, 0.15) is 60.4 Å². The van der Waals surface area contributed by atoms with E-state index in [0.717, 1.165) is 42.8 Å². The summed E-state index contributed by atoms with van der Waals surface area (Å²) in [5.74, 6) is 1.74. The van der Waals surface area contributed by atoms with Gasteiger partial charge in [0.1, 0.15) is 11.6 Å². The van der Waals surface area contributed by atoms with E-state index in [1.165, 1.54) is 17.7 Å². The lowest BCUT2D eigenvalue weighted by Gasteiger charge is -2.25. The lowest BCUT2D eigenvalue weighted by atomic mass is 9.83. The van der Waals surface area contributed by atoms with Gasteiger partial charge in [-0.05, 0) is 44.2 Å². The van der Waals surface area contributed by atoms with Crippen LogP contribution in [0.5, 0.6) is 0 Å². The van der Waals surface area contributed by atoms with Crippen molar-refractivity contribution in [2.24, 2.45) is 0 Å². The highest BCUT2D eigenvalue weighted by atomic mass is 15.0. The highest BCUT2D eigenvalue weighted by Gasteiger charge is 2.26. The summed E-state index contributed by atoms with van der Waals surface area (Å²) in [6, 6.07) is 4.20. The summed E-state index contributed by atoms with van der Waals surface area (Å²) in [6.07, 6.45) is 7.16. The smallest absolute Gasteiger partial charge is 0.131 e. The minimum Gasteiger partial charge on any atom is -0.383 e. The molecule has 0 aliphatic heterocycles. The maximum absolute atomic E-state index is 6.11. The first-order valence-electron chi connectivity index (χ1n) is 7.77. The van der Waals surface area contributed by atoms with Gasteiger partial charge in [-0.25, -0.2) is 9.97 Å². The third-order valence-corrected chi connectivity index (χ3v) is 4.27. The van der Waals surface area contributed by atoms with E-state index in [1.54, 1.807) is 0 Å². The molecule has 1 unspecified atom stereocenters. The van der Waals surface area contributed by atoms with Crippen LogP contribution in [0.25, 0.3) is 0 Å². The predicted molar refractivity (Wildman–Crippen MR) is 84.2 cm³/mol. The summed E-state index contributed by atoms with van der Waals surface area (Å²) in [5.41, 5.74) is 10.7. The van der Waals surface area contributed by atoms with Crippen molar-refractivity contribution in [1.29, 1.82) is 0 Å². The van der Waals surface area contributed by atoms with Crippen LogP contribution in [-0.4, -0.2) is 15.0 Å². The van der Waals surface area contributed by atoms with Crippen LogP contribution in [-0.2, 0) is 12.8 Å². The van der Waals surface area contributed by atoms with Crippen molar-refractivity contribution in [1.82, 2.24) is 15.0 Å². The number of fused-ring (bicyclic) bond motifs is 1. The molecule has 0 radical (unpaired) electrons. The van der Waals surface area contributed by atoms with Crippen molar-refractivity contribution in [2.45, 2.75) is 51.9 Å². The van der Waals surface area contributed by atoms with Gasteiger partial charge in [0.25, 0.3) is 0 Å². The normalized spacial score (nSPS) is 17.5. The summed E-state index contributed by atoms with van der Waals surface area (Å²) in [5, 5.41) is 0. The molecule has 0 fully saturated rings. The fourth-order valence-electron chi connectivity index (χ4n) is 3.15. The van der Waals surface area contributed by atoms with Gasteiger partial charge in [0.2, 0.25) is 0 Å². The Kier molecular flexibility index (Phi) is 3.86. The highest BCUT2D eigenvalue weighted by molar-refractivity contribution is 5.46. The second kappa shape index (κ2) is 5.80. The molecule has 3 rings (SSSR count). The molecular formula is C17H22N4. The number of nitrogens with zero attached hydrogens (tertiary/aromatic N) is 3. The van der Waals surface area contributed by atoms with Gasteiger partial charge < -0.3 is 5.73 Å². The molecule has 2 aromatic rings. The van der Waals surface area contributed by atoms with E-state index in [4.69, 9.17) is 10.7 Å². The van der Waals surface area contributed by atoms with E-state index in [-0.39, 0.29) is 5.92 Å². The summed E-state index contributed by atoms with van der Waals surface area (Å²) >= 11 is 0. The number of nitrogens with two attached hydrogens (primary N) is 1. The molecule has 21 heavy (non-hydrogen) atoms. The molecule has 0 spiro atoms. The number of rotatable bonds is 3. The van der Waals surface area contributed by atoms with Crippen molar-refractivity contribution in [3.05, 3.63) is 46.7 Å². The van der Waals surface area contributed by atoms with Crippen LogP contribution in [0.15, 0.2) is 18.3 Å². The number of aromatic nitrogens is 3. The standard InChI is InChI=1S/C17H22N4/c1-3-6-14-20-15(11(2)17(18)21-14)13-9-4-7-12-8-5-10-19-16(12)13/h5,8,10,13H,3-4,6-7,9H2,1-2H3,(H2,18,20,21). The van der Waals surface area contributed by atoms with Crippen LogP contribution in [0.4, 0.5) is 5.82 Å².